The van der Waals surface area contributed by atoms with Crippen LogP contribution in [0.3, 0.4) is 0 Å². The van der Waals surface area contributed by atoms with Crippen LogP contribution in [0.25, 0.3) is 10.7 Å². The van der Waals surface area contributed by atoms with E-state index in [1.165, 1.54) is 0 Å². The van der Waals surface area contributed by atoms with Gasteiger partial charge < -0.3 is 9.26 Å². The topological polar surface area (TPSA) is 78.9 Å². The second kappa shape index (κ2) is 8.32. The fraction of sp³-hybridized carbons (Fsp3) is 0.529. The highest BCUT2D eigenvalue weighted by Crippen LogP contribution is 2.30. The van der Waals surface area contributed by atoms with Crippen LogP contribution in [0.2, 0.25) is 0 Å². The molecule has 1 aliphatic heterocycles. The van der Waals surface area contributed by atoms with E-state index in [1.807, 2.05) is 6.07 Å². The lowest BCUT2D eigenvalue weighted by Gasteiger charge is -2.13. The molecule has 138 valence electrons. The Morgan fingerprint density at radius 2 is 2.35 bits per heavy atom. The molecular weight excluding hydrogens is 370 g/mol. The van der Waals surface area contributed by atoms with Crippen molar-refractivity contribution in [3.8, 4) is 10.7 Å². The van der Waals surface area contributed by atoms with E-state index in [0.717, 1.165) is 60.5 Å². The fourth-order valence-electron chi connectivity index (χ4n) is 2.94. The molecule has 0 aliphatic carbocycles. The van der Waals surface area contributed by atoms with Gasteiger partial charge in [0.05, 0.1) is 23.3 Å². The van der Waals surface area contributed by atoms with Crippen molar-refractivity contribution >= 4 is 23.1 Å². The second-order valence-electron chi connectivity index (χ2n) is 6.17. The molecule has 26 heavy (non-hydrogen) atoms. The smallest absolute Gasteiger partial charge is 0.237 e. The summed E-state index contributed by atoms with van der Waals surface area (Å²) in [5.74, 6) is 2.88. The van der Waals surface area contributed by atoms with Crippen molar-refractivity contribution < 1.29 is 9.26 Å². The lowest BCUT2D eigenvalue weighted by atomic mass is 10.2. The van der Waals surface area contributed by atoms with E-state index in [0.29, 0.717) is 11.6 Å². The van der Waals surface area contributed by atoms with Crippen molar-refractivity contribution in [3.05, 3.63) is 29.2 Å². The summed E-state index contributed by atoms with van der Waals surface area (Å²) in [5, 5.41) is 15.8. The first-order valence-corrected chi connectivity index (χ1v) is 10.7. The van der Waals surface area contributed by atoms with Gasteiger partial charge in [-0.15, -0.1) is 21.5 Å². The number of thioether (sulfide) groups is 1. The molecule has 1 unspecified atom stereocenters. The van der Waals surface area contributed by atoms with Crippen LogP contribution in [-0.4, -0.2) is 37.6 Å². The average molecular weight is 392 g/mol. The molecule has 4 rings (SSSR count). The molecule has 0 radical (unpaired) electrons. The summed E-state index contributed by atoms with van der Waals surface area (Å²) in [4.78, 5) is 5.54. The van der Waals surface area contributed by atoms with Crippen molar-refractivity contribution in [1.29, 1.82) is 0 Å². The van der Waals surface area contributed by atoms with Gasteiger partial charge in [-0.3, -0.25) is 4.57 Å². The van der Waals surface area contributed by atoms with Gasteiger partial charge in [-0.2, -0.15) is 4.98 Å². The zero-order valence-electron chi connectivity index (χ0n) is 14.6. The third kappa shape index (κ3) is 3.99. The first-order valence-electron chi connectivity index (χ1n) is 8.86. The van der Waals surface area contributed by atoms with E-state index in [-0.39, 0.29) is 6.10 Å². The minimum absolute atomic E-state index is 0.226. The molecule has 3 aromatic rings. The summed E-state index contributed by atoms with van der Waals surface area (Å²) in [6, 6.07) is 4.11. The van der Waals surface area contributed by atoms with Crippen LogP contribution in [0.4, 0.5) is 0 Å². The van der Waals surface area contributed by atoms with Gasteiger partial charge in [-0.05, 0) is 30.7 Å². The van der Waals surface area contributed by atoms with Crippen molar-refractivity contribution in [1.82, 2.24) is 24.9 Å². The van der Waals surface area contributed by atoms with Gasteiger partial charge in [0.2, 0.25) is 5.89 Å². The Morgan fingerprint density at radius 1 is 1.38 bits per heavy atom. The van der Waals surface area contributed by atoms with Crippen LogP contribution in [0.15, 0.2) is 27.2 Å². The van der Waals surface area contributed by atoms with Crippen LogP contribution in [0.5, 0.6) is 0 Å². The minimum Gasteiger partial charge on any atom is -0.376 e. The quantitative estimate of drug-likeness (QED) is 0.540. The average Bonchev–Trinajstić information content (AvgIpc) is 3.43. The summed E-state index contributed by atoms with van der Waals surface area (Å²) in [7, 11) is 0. The first kappa shape index (κ1) is 17.7. The Kier molecular flexibility index (Phi) is 5.66. The number of ether oxygens (including phenoxy) is 1. The fourth-order valence-corrected chi connectivity index (χ4v) is 4.44. The number of aryl methyl sites for hydroxylation is 1. The Bertz CT molecular complexity index is 824. The highest BCUT2D eigenvalue weighted by atomic mass is 32.2. The molecule has 3 aromatic heterocycles. The van der Waals surface area contributed by atoms with Crippen molar-refractivity contribution in [3.63, 3.8) is 0 Å². The third-order valence-electron chi connectivity index (χ3n) is 4.18. The Balaban J connectivity index is 1.52. The highest BCUT2D eigenvalue weighted by Gasteiger charge is 2.22. The molecule has 1 saturated heterocycles. The van der Waals surface area contributed by atoms with Gasteiger partial charge in [0.1, 0.15) is 0 Å². The number of nitrogens with zero attached hydrogens (tertiary/aromatic N) is 5. The first-order chi connectivity index (χ1) is 12.8. The molecule has 0 aromatic carbocycles. The van der Waals surface area contributed by atoms with Gasteiger partial charge in [-0.25, -0.2) is 0 Å². The van der Waals surface area contributed by atoms with Crippen LogP contribution in [0.1, 0.15) is 37.9 Å². The van der Waals surface area contributed by atoms with E-state index >= 15 is 0 Å². The van der Waals surface area contributed by atoms with Crippen molar-refractivity contribution in [2.45, 2.75) is 56.2 Å². The van der Waals surface area contributed by atoms with E-state index in [1.54, 1.807) is 23.1 Å². The number of aromatic nitrogens is 5. The SMILES string of the molecule is CCCc1noc(CSc2nnc(-c3cccs3)n2CC2CCCO2)n1. The van der Waals surface area contributed by atoms with E-state index in [2.05, 4.69) is 43.3 Å². The van der Waals surface area contributed by atoms with Gasteiger partial charge in [0.15, 0.2) is 16.8 Å². The molecule has 1 aliphatic rings. The minimum atomic E-state index is 0.226. The predicted molar refractivity (Wildman–Crippen MR) is 100 cm³/mol. The lowest BCUT2D eigenvalue weighted by Crippen LogP contribution is -2.16. The van der Waals surface area contributed by atoms with E-state index in [4.69, 9.17) is 9.26 Å². The Morgan fingerprint density at radius 3 is 3.12 bits per heavy atom. The highest BCUT2D eigenvalue weighted by molar-refractivity contribution is 7.98. The zero-order chi connectivity index (χ0) is 17.8. The molecule has 9 heteroatoms. The monoisotopic (exact) mass is 391 g/mol. The van der Waals surface area contributed by atoms with Crippen LogP contribution < -0.4 is 0 Å². The maximum atomic E-state index is 5.82. The molecule has 7 nitrogen and oxygen atoms in total. The predicted octanol–water partition coefficient (Wildman–Crippen LogP) is 3.81. The van der Waals surface area contributed by atoms with Crippen LogP contribution in [0, 0.1) is 0 Å². The van der Waals surface area contributed by atoms with Crippen molar-refractivity contribution in [2.75, 3.05) is 6.61 Å². The molecule has 1 fully saturated rings. The zero-order valence-corrected chi connectivity index (χ0v) is 16.3. The molecular formula is C17H21N5O2S2. The van der Waals surface area contributed by atoms with E-state index < -0.39 is 0 Å². The number of hydrogen-bond acceptors (Lipinski definition) is 8. The summed E-state index contributed by atoms with van der Waals surface area (Å²) in [6.45, 7) is 3.71. The van der Waals surface area contributed by atoms with Gasteiger partial charge in [0.25, 0.3) is 0 Å². The molecule has 0 saturated carbocycles. The molecule has 0 spiro atoms. The summed E-state index contributed by atoms with van der Waals surface area (Å²) in [6.07, 6.45) is 4.27. The number of thiophene rings is 1. The maximum absolute atomic E-state index is 5.82. The summed E-state index contributed by atoms with van der Waals surface area (Å²) < 4.78 is 13.3. The second-order valence-corrected chi connectivity index (χ2v) is 8.06. The van der Waals surface area contributed by atoms with Crippen LogP contribution >= 0.6 is 23.1 Å². The normalized spacial score (nSPS) is 17.2. The molecule has 4 heterocycles. The standard InChI is InChI=1S/C17H21N5O2S2/c1-2-5-14-18-15(24-21-14)11-26-17-20-19-16(13-7-4-9-25-13)22(17)10-12-6-3-8-23-12/h4,7,9,12H,2-3,5-6,8,10-11H2,1H3. The van der Waals surface area contributed by atoms with Gasteiger partial charge in [-0.1, -0.05) is 29.9 Å². The maximum Gasteiger partial charge on any atom is 0.237 e. The largest absolute Gasteiger partial charge is 0.376 e. The van der Waals surface area contributed by atoms with Gasteiger partial charge in [0, 0.05) is 13.0 Å². The molecule has 0 N–H and O–H groups in total. The third-order valence-corrected chi connectivity index (χ3v) is 5.99. The van der Waals surface area contributed by atoms with Crippen LogP contribution in [-0.2, 0) is 23.5 Å². The van der Waals surface area contributed by atoms with E-state index in [9.17, 15) is 0 Å². The van der Waals surface area contributed by atoms with Crippen molar-refractivity contribution in [2.24, 2.45) is 0 Å². The Hall–Kier alpha value is -1.71. The number of rotatable bonds is 8. The lowest BCUT2D eigenvalue weighted by molar-refractivity contribution is 0.0953. The molecule has 0 amide bonds. The summed E-state index contributed by atoms with van der Waals surface area (Å²) >= 11 is 3.25. The summed E-state index contributed by atoms with van der Waals surface area (Å²) in [5.41, 5.74) is 0. The molecule has 1 atom stereocenters. The van der Waals surface area contributed by atoms with Gasteiger partial charge >= 0.3 is 0 Å². The Labute approximate surface area is 160 Å². The number of hydrogen-bond donors (Lipinski definition) is 0. The molecule has 0 bridgehead atoms.